The number of pyridine rings is 1. The zero-order valence-electron chi connectivity index (χ0n) is 20.8. The summed E-state index contributed by atoms with van der Waals surface area (Å²) in [5.74, 6) is -0.563. The van der Waals surface area contributed by atoms with Crippen LogP contribution in [0.4, 0.5) is 10.5 Å². The standard InChI is InChI=1S/C25H31N5O5/c1-7-34-23(32)19(15(2)3)27-22(31)18-9-8-14-30-20(28-29-21(18)30)16-10-12-17(13-11-16)26-24(33)35-25(4,5)6/h8-15,19H,7H2,1-6H3,(H,26,33)(H,27,31)/t19-/m0/s1. The molecule has 3 rings (SSSR count). The molecule has 3 aromatic rings. The Morgan fingerprint density at radius 1 is 1.06 bits per heavy atom. The van der Waals surface area contributed by atoms with E-state index in [4.69, 9.17) is 9.47 Å². The summed E-state index contributed by atoms with van der Waals surface area (Å²) in [6.07, 6.45) is 1.20. The fourth-order valence-corrected chi connectivity index (χ4v) is 3.36. The second-order valence-electron chi connectivity index (χ2n) is 9.29. The first-order chi connectivity index (χ1) is 16.5. The van der Waals surface area contributed by atoms with Gasteiger partial charge in [-0.1, -0.05) is 13.8 Å². The first kappa shape index (κ1) is 25.7. The molecule has 0 spiro atoms. The number of carbonyl (C=O) groups is 3. The van der Waals surface area contributed by atoms with Crippen molar-refractivity contribution in [3.8, 4) is 11.4 Å². The second kappa shape index (κ2) is 10.5. The fraction of sp³-hybridized carbons (Fsp3) is 0.400. The molecule has 2 heterocycles. The maximum absolute atomic E-state index is 13.0. The number of hydrogen-bond donors (Lipinski definition) is 2. The Labute approximate surface area is 204 Å². The Bertz CT molecular complexity index is 1210. The van der Waals surface area contributed by atoms with E-state index in [9.17, 15) is 14.4 Å². The molecule has 1 atom stereocenters. The normalized spacial score (nSPS) is 12.3. The minimum atomic E-state index is -0.782. The van der Waals surface area contributed by atoms with Crippen molar-refractivity contribution in [2.75, 3.05) is 11.9 Å². The fourth-order valence-electron chi connectivity index (χ4n) is 3.36. The van der Waals surface area contributed by atoms with Crippen LogP contribution >= 0.6 is 0 Å². The first-order valence-electron chi connectivity index (χ1n) is 11.4. The highest BCUT2D eigenvalue weighted by Crippen LogP contribution is 2.23. The largest absolute Gasteiger partial charge is 0.464 e. The van der Waals surface area contributed by atoms with Crippen molar-refractivity contribution < 1.29 is 23.9 Å². The first-order valence-corrected chi connectivity index (χ1v) is 11.4. The number of nitrogens with zero attached hydrogens (tertiary/aromatic N) is 3. The van der Waals surface area contributed by atoms with E-state index in [0.29, 0.717) is 17.2 Å². The van der Waals surface area contributed by atoms with Gasteiger partial charge in [-0.15, -0.1) is 10.2 Å². The number of esters is 1. The molecule has 0 aliphatic carbocycles. The Kier molecular flexibility index (Phi) is 7.73. The molecule has 0 bridgehead atoms. The van der Waals surface area contributed by atoms with Crippen LogP contribution in [0.5, 0.6) is 0 Å². The average Bonchev–Trinajstić information content (AvgIpc) is 3.20. The van der Waals surface area contributed by atoms with Crippen molar-refractivity contribution in [3.05, 3.63) is 48.2 Å². The van der Waals surface area contributed by atoms with Crippen LogP contribution in [0.3, 0.4) is 0 Å². The summed E-state index contributed by atoms with van der Waals surface area (Å²) in [6, 6.07) is 9.57. The lowest BCUT2D eigenvalue weighted by atomic mass is 10.0. The Hall–Kier alpha value is -3.95. The highest BCUT2D eigenvalue weighted by Gasteiger charge is 2.27. The highest BCUT2D eigenvalue weighted by atomic mass is 16.6. The number of ether oxygens (including phenoxy) is 2. The van der Waals surface area contributed by atoms with Gasteiger partial charge < -0.3 is 14.8 Å². The zero-order chi connectivity index (χ0) is 25.8. The molecule has 2 aromatic heterocycles. The molecule has 186 valence electrons. The van der Waals surface area contributed by atoms with Gasteiger partial charge in [0.2, 0.25) is 0 Å². The number of nitrogens with one attached hydrogen (secondary N) is 2. The zero-order valence-corrected chi connectivity index (χ0v) is 20.8. The smallest absolute Gasteiger partial charge is 0.412 e. The number of amides is 2. The summed E-state index contributed by atoms with van der Waals surface area (Å²) in [6.45, 7) is 11.0. The van der Waals surface area contributed by atoms with E-state index in [2.05, 4.69) is 20.8 Å². The van der Waals surface area contributed by atoms with Crippen LogP contribution in [0, 0.1) is 5.92 Å². The molecule has 0 saturated heterocycles. The average molecular weight is 482 g/mol. The maximum Gasteiger partial charge on any atom is 0.412 e. The van der Waals surface area contributed by atoms with Gasteiger partial charge in [0.05, 0.1) is 12.2 Å². The molecule has 35 heavy (non-hydrogen) atoms. The van der Waals surface area contributed by atoms with Gasteiger partial charge in [-0.05, 0) is 70.0 Å². The number of fused-ring (bicyclic) bond motifs is 1. The highest BCUT2D eigenvalue weighted by molar-refractivity contribution is 6.01. The van der Waals surface area contributed by atoms with Crippen molar-refractivity contribution in [3.63, 3.8) is 0 Å². The monoisotopic (exact) mass is 481 g/mol. The van der Waals surface area contributed by atoms with Gasteiger partial charge in [-0.2, -0.15) is 0 Å². The third kappa shape index (κ3) is 6.34. The summed E-state index contributed by atoms with van der Waals surface area (Å²) in [7, 11) is 0. The van der Waals surface area contributed by atoms with Gasteiger partial charge in [0, 0.05) is 17.4 Å². The van der Waals surface area contributed by atoms with Crippen molar-refractivity contribution in [1.29, 1.82) is 0 Å². The van der Waals surface area contributed by atoms with E-state index in [0.717, 1.165) is 5.56 Å². The van der Waals surface area contributed by atoms with Gasteiger partial charge in [0.1, 0.15) is 11.6 Å². The van der Waals surface area contributed by atoms with Gasteiger partial charge in [0.25, 0.3) is 5.91 Å². The SMILES string of the molecule is CCOC(=O)[C@@H](NC(=O)c1cccn2c(-c3ccc(NC(=O)OC(C)(C)C)cc3)nnc12)C(C)C. The molecule has 10 heteroatoms. The molecular formula is C25H31N5O5. The van der Waals surface area contributed by atoms with Crippen molar-refractivity contribution in [2.45, 2.75) is 53.2 Å². The van der Waals surface area contributed by atoms with Crippen molar-refractivity contribution in [2.24, 2.45) is 5.92 Å². The van der Waals surface area contributed by atoms with Gasteiger partial charge in [-0.3, -0.25) is 14.5 Å². The predicted octanol–water partition coefficient (Wildman–Crippen LogP) is 4.06. The number of anilines is 1. The molecule has 0 saturated carbocycles. The van der Waals surface area contributed by atoms with E-state index in [-0.39, 0.29) is 18.1 Å². The number of benzene rings is 1. The molecule has 2 N–H and O–H groups in total. The van der Waals surface area contributed by atoms with Crippen LogP contribution < -0.4 is 10.6 Å². The van der Waals surface area contributed by atoms with Crippen LogP contribution in [0.2, 0.25) is 0 Å². The van der Waals surface area contributed by atoms with Crippen molar-refractivity contribution in [1.82, 2.24) is 19.9 Å². The second-order valence-corrected chi connectivity index (χ2v) is 9.29. The third-order valence-corrected chi connectivity index (χ3v) is 4.96. The van der Waals surface area contributed by atoms with E-state index in [1.165, 1.54) is 0 Å². The van der Waals surface area contributed by atoms with E-state index < -0.39 is 29.6 Å². The number of hydrogen-bond acceptors (Lipinski definition) is 7. The van der Waals surface area contributed by atoms with Crippen LogP contribution in [0.15, 0.2) is 42.6 Å². The van der Waals surface area contributed by atoms with Crippen LogP contribution in [-0.2, 0) is 14.3 Å². The summed E-state index contributed by atoms with van der Waals surface area (Å²) in [5.41, 5.74) is 1.33. The maximum atomic E-state index is 13.0. The number of carbonyl (C=O) groups excluding carboxylic acids is 3. The molecule has 10 nitrogen and oxygen atoms in total. The third-order valence-electron chi connectivity index (χ3n) is 4.96. The van der Waals surface area contributed by atoms with E-state index in [1.54, 1.807) is 74.7 Å². The Morgan fingerprint density at radius 3 is 2.34 bits per heavy atom. The lowest BCUT2D eigenvalue weighted by Gasteiger charge is -2.20. The van der Waals surface area contributed by atoms with Gasteiger partial charge >= 0.3 is 12.1 Å². The summed E-state index contributed by atoms with van der Waals surface area (Å²) in [4.78, 5) is 37.3. The number of rotatable bonds is 7. The van der Waals surface area contributed by atoms with Gasteiger partial charge in [-0.25, -0.2) is 9.59 Å². The summed E-state index contributed by atoms with van der Waals surface area (Å²) in [5, 5.41) is 13.9. The predicted molar refractivity (Wildman–Crippen MR) is 131 cm³/mol. The molecule has 0 aliphatic rings. The lowest BCUT2D eigenvalue weighted by molar-refractivity contribution is -0.146. The van der Waals surface area contributed by atoms with Crippen LogP contribution in [0.25, 0.3) is 17.0 Å². The minimum Gasteiger partial charge on any atom is -0.464 e. The van der Waals surface area contributed by atoms with Crippen LogP contribution in [0.1, 0.15) is 51.9 Å². The molecule has 0 fully saturated rings. The molecule has 2 amide bonds. The lowest BCUT2D eigenvalue weighted by Crippen LogP contribution is -2.45. The van der Waals surface area contributed by atoms with E-state index in [1.807, 2.05) is 13.8 Å². The molecule has 1 aromatic carbocycles. The summed E-state index contributed by atoms with van der Waals surface area (Å²) >= 11 is 0. The van der Waals surface area contributed by atoms with Crippen molar-refractivity contribution >= 4 is 29.3 Å². The number of aromatic nitrogens is 3. The quantitative estimate of drug-likeness (QED) is 0.488. The van der Waals surface area contributed by atoms with E-state index >= 15 is 0 Å². The minimum absolute atomic E-state index is 0.154. The topological polar surface area (TPSA) is 124 Å². The molecular weight excluding hydrogens is 450 g/mol. The van der Waals surface area contributed by atoms with Gasteiger partial charge in [0.15, 0.2) is 11.5 Å². The van der Waals surface area contributed by atoms with Crippen LogP contribution in [-0.4, -0.2) is 50.8 Å². The Balaban J connectivity index is 1.83. The summed E-state index contributed by atoms with van der Waals surface area (Å²) < 4.78 is 12.0. The molecule has 0 unspecified atom stereocenters. The molecule has 0 radical (unpaired) electrons. The Morgan fingerprint density at radius 2 is 1.74 bits per heavy atom. The molecule has 0 aliphatic heterocycles.